The van der Waals surface area contributed by atoms with Gasteiger partial charge in [-0.3, -0.25) is 9.59 Å². The molecule has 7 heteroatoms. The van der Waals surface area contributed by atoms with Gasteiger partial charge in [-0.25, -0.2) is 4.79 Å². The maximum Gasteiger partial charge on any atom is 0.408 e. The molecule has 0 bridgehead atoms. The first-order valence-corrected chi connectivity index (χ1v) is 12.0. The number of benzene rings is 2. The van der Waals surface area contributed by atoms with Gasteiger partial charge in [0.15, 0.2) is 0 Å². The number of carboxylic acids is 1. The number of likely N-dealkylation sites (tertiary alicyclic amines) is 1. The van der Waals surface area contributed by atoms with E-state index in [4.69, 9.17) is 4.74 Å². The molecule has 2 amide bonds. The molecule has 0 spiro atoms. The Morgan fingerprint density at radius 1 is 1.03 bits per heavy atom. The van der Waals surface area contributed by atoms with Crippen molar-refractivity contribution in [2.75, 3.05) is 19.7 Å². The van der Waals surface area contributed by atoms with Gasteiger partial charge in [0, 0.05) is 19.0 Å². The second-order valence-corrected chi connectivity index (χ2v) is 9.86. The Kier molecular flexibility index (Phi) is 5.80. The number of alkyl carbamates (subject to hydrolysis) is 1. The Balaban J connectivity index is 1.28. The fourth-order valence-corrected chi connectivity index (χ4v) is 5.53. The second-order valence-electron chi connectivity index (χ2n) is 9.86. The first kappa shape index (κ1) is 22.4. The van der Waals surface area contributed by atoms with Crippen LogP contribution >= 0.6 is 0 Å². The third kappa shape index (κ3) is 4.04. The van der Waals surface area contributed by atoms with Crippen LogP contribution in [-0.4, -0.2) is 53.2 Å². The van der Waals surface area contributed by atoms with Gasteiger partial charge in [-0.05, 0) is 60.8 Å². The van der Waals surface area contributed by atoms with Crippen LogP contribution in [0, 0.1) is 11.8 Å². The number of carboxylic acid groups (broad SMARTS) is 1. The molecule has 1 aliphatic heterocycles. The Bertz CT molecular complexity index is 1080. The second kappa shape index (κ2) is 8.78. The monoisotopic (exact) mass is 462 g/mol. The lowest BCUT2D eigenvalue weighted by molar-refractivity contribution is -0.148. The van der Waals surface area contributed by atoms with Crippen LogP contribution in [0.1, 0.15) is 49.7 Å². The maximum absolute atomic E-state index is 13.5. The van der Waals surface area contributed by atoms with Gasteiger partial charge in [0.1, 0.15) is 12.1 Å². The van der Waals surface area contributed by atoms with E-state index in [9.17, 15) is 19.5 Å². The summed E-state index contributed by atoms with van der Waals surface area (Å²) in [7, 11) is 0. The molecule has 2 atom stereocenters. The molecular formula is C27H30N2O5. The Morgan fingerprint density at radius 2 is 1.65 bits per heavy atom. The topological polar surface area (TPSA) is 95.9 Å². The lowest BCUT2D eigenvalue weighted by Gasteiger charge is -2.38. The zero-order valence-corrected chi connectivity index (χ0v) is 19.3. The van der Waals surface area contributed by atoms with Crippen LogP contribution in [-0.2, 0) is 14.3 Å². The van der Waals surface area contributed by atoms with E-state index in [1.165, 1.54) is 0 Å². The average Bonchev–Trinajstić information content (AvgIpc) is 3.66. The number of rotatable bonds is 6. The number of ether oxygens (including phenoxy) is 1. The molecule has 0 radical (unpaired) electrons. The van der Waals surface area contributed by atoms with Crippen LogP contribution in [0.2, 0.25) is 0 Å². The SMILES string of the molecule is CC(NC(=O)OCC1c2ccccc2-c2ccccc21)(C(=O)N1CCC[C@H](C(=O)O)C1)C1CC1. The number of aliphatic carboxylic acids is 1. The van der Waals surface area contributed by atoms with E-state index in [0.717, 1.165) is 35.1 Å². The minimum absolute atomic E-state index is 0.0330. The molecule has 5 rings (SSSR count). The van der Waals surface area contributed by atoms with E-state index in [1.54, 1.807) is 11.8 Å². The lowest BCUT2D eigenvalue weighted by Crippen LogP contribution is -2.61. The van der Waals surface area contributed by atoms with E-state index in [2.05, 4.69) is 29.6 Å². The van der Waals surface area contributed by atoms with Crippen LogP contribution in [0.3, 0.4) is 0 Å². The number of hydrogen-bond acceptors (Lipinski definition) is 4. The van der Waals surface area contributed by atoms with Crippen molar-refractivity contribution in [3.63, 3.8) is 0 Å². The summed E-state index contributed by atoms with van der Waals surface area (Å²) in [5.41, 5.74) is 3.48. The van der Waals surface area contributed by atoms with Crippen molar-refractivity contribution < 1.29 is 24.2 Å². The molecule has 1 saturated heterocycles. The Hall–Kier alpha value is -3.35. The van der Waals surface area contributed by atoms with E-state index in [1.807, 2.05) is 24.3 Å². The number of fused-ring (bicyclic) bond motifs is 3. The molecule has 2 aromatic carbocycles. The summed E-state index contributed by atoms with van der Waals surface area (Å²) in [5.74, 6) is -1.68. The molecule has 2 N–H and O–H groups in total. The number of hydrogen-bond donors (Lipinski definition) is 2. The van der Waals surface area contributed by atoms with E-state index < -0.39 is 23.5 Å². The number of amides is 2. The normalized spacial score (nSPS) is 21.2. The van der Waals surface area contributed by atoms with Crippen molar-refractivity contribution in [3.05, 3.63) is 59.7 Å². The zero-order valence-electron chi connectivity index (χ0n) is 19.3. The summed E-state index contributed by atoms with van der Waals surface area (Å²) < 4.78 is 5.70. The first-order chi connectivity index (χ1) is 16.4. The summed E-state index contributed by atoms with van der Waals surface area (Å²) in [4.78, 5) is 39.4. The van der Waals surface area contributed by atoms with Crippen LogP contribution in [0.4, 0.5) is 4.79 Å². The van der Waals surface area contributed by atoms with E-state index in [0.29, 0.717) is 19.4 Å². The van der Waals surface area contributed by atoms with Crippen LogP contribution in [0.25, 0.3) is 11.1 Å². The van der Waals surface area contributed by atoms with Crippen molar-refractivity contribution in [3.8, 4) is 11.1 Å². The molecule has 2 aliphatic carbocycles. The van der Waals surface area contributed by atoms with Gasteiger partial charge in [0.25, 0.3) is 0 Å². The highest BCUT2D eigenvalue weighted by atomic mass is 16.5. The van der Waals surface area contributed by atoms with Gasteiger partial charge in [-0.2, -0.15) is 0 Å². The summed E-state index contributed by atoms with van der Waals surface area (Å²) in [6.45, 7) is 2.62. The van der Waals surface area contributed by atoms with Crippen LogP contribution in [0.5, 0.6) is 0 Å². The van der Waals surface area contributed by atoms with Gasteiger partial charge < -0.3 is 20.1 Å². The Labute approximate surface area is 199 Å². The largest absolute Gasteiger partial charge is 0.481 e. The summed E-state index contributed by atoms with van der Waals surface area (Å²) in [5, 5.41) is 12.3. The highest BCUT2D eigenvalue weighted by Crippen LogP contribution is 2.45. The van der Waals surface area contributed by atoms with Gasteiger partial charge in [-0.1, -0.05) is 48.5 Å². The molecule has 7 nitrogen and oxygen atoms in total. The molecular weight excluding hydrogens is 432 g/mol. The van der Waals surface area contributed by atoms with Gasteiger partial charge in [-0.15, -0.1) is 0 Å². The summed E-state index contributed by atoms with van der Waals surface area (Å²) in [6, 6.07) is 16.3. The minimum atomic E-state index is -1.09. The first-order valence-electron chi connectivity index (χ1n) is 12.0. The van der Waals surface area contributed by atoms with Crippen molar-refractivity contribution in [2.24, 2.45) is 11.8 Å². The third-order valence-electron chi connectivity index (χ3n) is 7.60. The zero-order chi connectivity index (χ0) is 23.9. The van der Waals surface area contributed by atoms with Crippen molar-refractivity contribution in [1.82, 2.24) is 10.2 Å². The van der Waals surface area contributed by atoms with Crippen molar-refractivity contribution in [2.45, 2.75) is 44.1 Å². The molecule has 1 saturated carbocycles. The molecule has 2 aromatic rings. The molecule has 1 heterocycles. The molecule has 178 valence electrons. The highest BCUT2D eigenvalue weighted by Gasteiger charge is 2.51. The molecule has 0 aromatic heterocycles. The number of nitrogens with one attached hydrogen (secondary N) is 1. The summed E-state index contributed by atoms with van der Waals surface area (Å²) in [6.07, 6.45) is 2.30. The van der Waals surface area contributed by atoms with Gasteiger partial charge in [0.2, 0.25) is 5.91 Å². The van der Waals surface area contributed by atoms with Crippen LogP contribution in [0.15, 0.2) is 48.5 Å². The predicted molar refractivity (Wildman–Crippen MR) is 126 cm³/mol. The number of piperidine rings is 1. The van der Waals surface area contributed by atoms with Gasteiger partial charge >= 0.3 is 12.1 Å². The fourth-order valence-electron chi connectivity index (χ4n) is 5.53. The maximum atomic E-state index is 13.5. The number of nitrogens with zero attached hydrogens (tertiary/aromatic N) is 1. The van der Waals surface area contributed by atoms with E-state index in [-0.39, 0.29) is 30.9 Å². The summed E-state index contributed by atoms with van der Waals surface area (Å²) >= 11 is 0. The van der Waals surface area contributed by atoms with Crippen molar-refractivity contribution >= 4 is 18.0 Å². The minimum Gasteiger partial charge on any atom is -0.481 e. The lowest BCUT2D eigenvalue weighted by atomic mass is 9.91. The average molecular weight is 463 g/mol. The van der Waals surface area contributed by atoms with Gasteiger partial charge in [0.05, 0.1) is 5.92 Å². The number of carbonyl (C=O) groups is 3. The standard InChI is InChI=1S/C27H30N2O5/c1-27(18-12-13-18,25(32)29-14-6-7-17(15-29)24(30)31)28-26(33)34-16-23-21-10-4-2-8-19(21)20-9-3-5-11-22(20)23/h2-5,8-11,17-18,23H,6-7,12-16H2,1H3,(H,28,33)(H,30,31)/t17-,27?/m0/s1. The molecule has 3 aliphatic rings. The number of carbonyl (C=O) groups excluding carboxylic acids is 2. The third-order valence-corrected chi connectivity index (χ3v) is 7.60. The molecule has 2 fully saturated rings. The Morgan fingerprint density at radius 3 is 2.24 bits per heavy atom. The molecule has 34 heavy (non-hydrogen) atoms. The molecule has 1 unspecified atom stereocenters. The van der Waals surface area contributed by atoms with Crippen molar-refractivity contribution in [1.29, 1.82) is 0 Å². The quantitative estimate of drug-likeness (QED) is 0.676. The fraction of sp³-hybridized carbons (Fsp3) is 0.444. The smallest absolute Gasteiger partial charge is 0.408 e. The predicted octanol–water partition coefficient (Wildman–Crippen LogP) is 4.02. The van der Waals surface area contributed by atoms with E-state index >= 15 is 0 Å². The highest BCUT2D eigenvalue weighted by molar-refractivity contribution is 5.91. The van der Waals surface area contributed by atoms with Crippen LogP contribution < -0.4 is 5.32 Å².